The molecule has 2 aliphatic heterocycles. The summed E-state index contributed by atoms with van der Waals surface area (Å²) in [6.45, 7) is 7.45. The van der Waals surface area contributed by atoms with Crippen LogP contribution in [0.25, 0.3) is 0 Å². The van der Waals surface area contributed by atoms with Crippen LogP contribution in [0.2, 0.25) is 0 Å². The Hall–Kier alpha value is -1.47. The monoisotopic (exact) mass is 348 g/mol. The molecule has 0 N–H and O–H groups in total. The van der Waals surface area contributed by atoms with Crippen LogP contribution in [0.15, 0.2) is 11.4 Å². The summed E-state index contributed by atoms with van der Waals surface area (Å²) in [7, 11) is 0. The van der Waals surface area contributed by atoms with Crippen LogP contribution in [0.1, 0.15) is 35.2 Å². The zero-order valence-electron chi connectivity index (χ0n) is 13.4. The number of anilines is 1. The van der Waals surface area contributed by atoms with Gasteiger partial charge in [0.15, 0.2) is 0 Å². The molecule has 5 nitrogen and oxygen atoms in total. The first-order valence-electron chi connectivity index (χ1n) is 8.04. The Morgan fingerprint density at radius 2 is 2.17 bits per heavy atom. The summed E-state index contributed by atoms with van der Waals surface area (Å²) in [5, 5.41) is 12.6. The Morgan fingerprint density at radius 3 is 2.91 bits per heavy atom. The lowest BCUT2D eigenvalue weighted by Crippen LogP contribution is -2.55. The molecule has 23 heavy (non-hydrogen) atoms. The van der Waals surface area contributed by atoms with E-state index < -0.39 is 0 Å². The number of thiophene rings is 1. The number of carbonyl (C=O) groups is 1. The Kier molecular flexibility index (Phi) is 3.85. The van der Waals surface area contributed by atoms with E-state index >= 15 is 0 Å². The van der Waals surface area contributed by atoms with E-state index in [1.54, 1.807) is 11.3 Å². The molecule has 4 heterocycles. The highest BCUT2D eigenvalue weighted by atomic mass is 32.1. The van der Waals surface area contributed by atoms with Crippen LogP contribution in [0, 0.1) is 5.92 Å². The van der Waals surface area contributed by atoms with Gasteiger partial charge in [-0.1, -0.05) is 25.2 Å². The van der Waals surface area contributed by atoms with Crippen molar-refractivity contribution in [1.82, 2.24) is 15.1 Å². The molecular formula is C16H20N4OS2. The zero-order valence-corrected chi connectivity index (χ0v) is 15.0. The fourth-order valence-corrected chi connectivity index (χ4v) is 4.83. The van der Waals surface area contributed by atoms with Crippen LogP contribution in [-0.4, -0.2) is 40.6 Å². The Bertz CT molecular complexity index is 717. The lowest BCUT2D eigenvalue weighted by Gasteiger charge is -2.41. The smallest absolute Gasteiger partial charge is 0.229 e. The minimum atomic E-state index is 0.113. The second kappa shape index (κ2) is 5.87. The molecule has 122 valence electrons. The Balaban J connectivity index is 1.35. The van der Waals surface area contributed by atoms with Crippen molar-refractivity contribution >= 4 is 33.7 Å². The van der Waals surface area contributed by atoms with Gasteiger partial charge in [0.05, 0.1) is 5.92 Å². The fraction of sp³-hybridized carbons (Fsp3) is 0.562. The number of fused-ring (bicyclic) bond motifs is 1. The van der Waals surface area contributed by atoms with Crippen LogP contribution in [0.5, 0.6) is 0 Å². The highest BCUT2D eigenvalue weighted by molar-refractivity contribution is 7.15. The number of carbonyl (C=O) groups excluding carboxylic acids is 1. The molecule has 1 amide bonds. The van der Waals surface area contributed by atoms with Gasteiger partial charge in [0.25, 0.3) is 0 Å². The zero-order chi connectivity index (χ0) is 16.0. The third-order valence-corrected chi connectivity index (χ3v) is 6.85. The van der Waals surface area contributed by atoms with E-state index in [0.29, 0.717) is 11.8 Å². The van der Waals surface area contributed by atoms with Gasteiger partial charge < -0.3 is 9.80 Å². The van der Waals surface area contributed by atoms with E-state index in [-0.39, 0.29) is 5.92 Å². The first-order chi connectivity index (χ1) is 11.1. The first-order valence-corrected chi connectivity index (χ1v) is 9.74. The van der Waals surface area contributed by atoms with Crippen LogP contribution < -0.4 is 4.90 Å². The average molecular weight is 348 g/mol. The number of hydrogen-bond acceptors (Lipinski definition) is 6. The maximum atomic E-state index is 12.7. The molecule has 1 saturated heterocycles. The number of aromatic nitrogens is 2. The number of nitrogens with zero attached hydrogens (tertiary/aromatic N) is 4. The number of rotatable bonds is 3. The van der Waals surface area contributed by atoms with Gasteiger partial charge >= 0.3 is 0 Å². The fourth-order valence-electron chi connectivity index (χ4n) is 3.07. The lowest BCUT2D eigenvalue weighted by molar-refractivity contribution is -0.137. The summed E-state index contributed by atoms with van der Waals surface area (Å²) < 4.78 is 0. The maximum Gasteiger partial charge on any atom is 0.229 e. The molecule has 0 aromatic carbocycles. The van der Waals surface area contributed by atoms with Crippen molar-refractivity contribution in [3.8, 4) is 0 Å². The van der Waals surface area contributed by atoms with Crippen molar-refractivity contribution in [3.63, 3.8) is 0 Å². The summed E-state index contributed by atoms with van der Waals surface area (Å²) in [5.74, 6) is 0.821. The molecule has 1 fully saturated rings. The van der Waals surface area contributed by atoms with Gasteiger partial charge in [-0.25, -0.2) is 0 Å². The average Bonchev–Trinajstić information content (AvgIpc) is 3.13. The molecule has 2 aliphatic rings. The SMILES string of the molecule is CC(C)c1nnc(N2CC(C(=O)N3CCc4sccc4C3)C2)s1. The maximum absolute atomic E-state index is 12.7. The quantitative estimate of drug-likeness (QED) is 0.856. The van der Waals surface area contributed by atoms with Gasteiger partial charge in [0.2, 0.25) is 11.0 Å². The van der Waals surface area contributed by atoms with E-state index in [1.807, 2.05) is 16.2 Å². The number of amides is 1. The van der Waals surface area contributed by atoms with E-state index in [2.05, 4.69) is 40.4 Å². The molecule has 0 unspecified atom stereocenters. The second-order valence-corrected chi connectivity index (χ2v) is 8.55. The van der Waals surface area contributed by atoms with E-state index in [9.17, 15) is 4.79 Å². The summed E-state index contributed by atoms with van der Waals surface area (Å²) in [4.78, 5) is 18.3. The summed E-state index contributed by atoms with van der Waals surface area (Å²) in [6, 6.07) is 2.15. The minimum Gasteiger partial charge on any atom is -0.345 e. The van der Waals surface area contributed by atoms with Crippen molar-refractivity contribution in [2.75, 3.05) is 24.5 Å². The summed E-state index contributed by atoms with van der Waals surface area (Å²) in [5.41, 5.74) is 1.33. The molecule has 0 aliphatic carbocycles. The topological polar surface area (TPSA) is 49.3 Å². The minimum absolute atomic E-state index is 0.113. The van der Waals surface area contributed by atoms with Gasteiger partial charge in [0.1, 0.15) is 5.01 Å². The summed E-state index contributed by atoms with van der Waals surface area (Å²) >= 11 is 3.46. The van der Waals surface area contributed by atoms with Gasteiger partial charge in [-0.05, 0) is 23.4 Å². The standard InChI is InChI=1S/C16H20N4OS2/c1-10(2)14-17-18-16(23-14)20-8-12(9-20)15(21)19-5-3-13-11(7-19)4-6-22-13/h4,6,10,12H,3,5,7-9H2,1-2H3. The molecule has 2 aromatic heterocycles. The first kappa shape index (κ1) is 15.1. The Morgan fingerprint density at radius 1 is 1.35 bits per heavy atom. The third-order valence-electron chi connectivity index (χ3n) is 4.54. The van der Waals surface area contributed by atoms with Crippen LogP contribution in [0.4, 0.5) is 5.13 Å². The molecule has 0 bridgehead atoms. The third kappa shape index (κ3) is 2.76. The van der Waals surface area contributed by atoms with Crippen molar-refractivity contribution in [2.45, 2.75) is 32.7 Å². The highest BCUT2D eigenvalue weighted by Gasteiger charge is 2.37. The molecular weight excluding hydrogens is 328 g/mol. The van der Waals surface area contributed by atoms with Crippen molar-refractivity contribution in [2.24, 2.45) is 5.92 Å². The predicted molar refractivity (Wildman–Crippen MR) is 93.1 cm³/mol. The molecule has 0 radical (unpaired) electrons. The predicted octanol–water partition coefficient (Wildman–Crippen LogP) is 2.74. The molecule has 0 spiro atoms. The van der Waals surface area contributed by atoms with Gasteiger partial charge in [0, 0.05) is 37.0 Å². The summed E-state index contributed by atoms with van der Waals surface area (Å²) in [6.07, 6.45) is 1.00. The molecule has 0 atom stereocenters. The van der Waals surface area contributed by atoms with Gasteiger partial charge in [-0.15, -0.1) is 21.5 Å². The van der Waals surface area contributed by atoms with E-state index in [0.717, 1.165) is 42.7 Å². The van der Waals surface area contributed by atoms with Crippen molar-refractivity contribution in [1.29, 1.82) is 0 Å². The van der Waals surface area contributed by atoms with Gasteiger partial charge in [-0.3, -0.25) is 4.79 Å². The lowest BCUT2D eigenvalue weighted by atomic mass is 9.97. The Labute approximate surface area is 143 Å². The van der Waals surface area contributed by atoms with Crippen LogP contribution in [0.3, 0.4) is 0 Å². The molecule has 7 heteroatoms. The van der Waals surface area contributed by atoms with Crippen LogP contribution in [-0.2, 0) is 17.8 Å². The number of hydrogen-bond donors (Lipinski definition) is 0. The van der Waals surface area contributed by atoms with E-state index in [1.165, 1.54) is 10.4 Å². The van der Waals surface area contributed by atoms with Crippen molar-refractivity contribution in [3.05, 3.63) is 26.9 Å². The second-order valence-electron chi connectivity index (χ2n) is 6.56. The normalized spacial score (nSPS) is 18.2. The molecule has 2 aromatic rings. The molecule has 4 rings (SSSR count). The van der Waals surface area contributed by atoms with Crippen molar-refractivity contribution < 1.29 is 4.79 Å². The largest absolute Gasteiger partial charge is 0.345 e. The van der Waals surface area contributed by atoms with E-state index in [4.69, 9.17) is 0 Å². The van der Waals surface area contributed by atoms with Crippen LogP contribution >= 0.6 is 22.7 Å². The van der Waals surface area contributed by atoms with Gasteiger partial charge in [-0.2, -0.15) is 0 Å². The highest BCUT2D eigenvalue weighted by Crippen LogP contribution is 2.32. The molecule has 0 saturated carbocycles.